The molecule has 0 bridgehead atoms. The number of imidazole rings is 1. The van der Waals surface area contributed by atoms with Crippen LogP contribution < -0.4 is 15.3 Å². The van der Waals surface area contributed by atoms with Crippen molar-refractivity contribution in [2.75, 3.05) is 19.6 Å². The quantitative estimate of drug-likeness (QED) is 0.429. The summed E-state index contributed by atoms with van der Waals surface area (Å²) < 4.78 is 5.74. The van der Waals surface area contributed by atoms with Gasteiger partial charge in [-0.2, -0.15) is 8.97 Å². The molecular formula is C21H22N3O2S+. The summed E-state index contributed by atoms with van der Waals surface area (Å²) in [7, 11) is 0. The lowest BCUT2D eigenvalue weighted by Gasteiger charge is -2.25. The lowest BCUT2D eigenvalue weighted by atomic mass is 10.1. The number of aryl methyl sites for hydroxylation is 1. The van der Waals surface area contributed by atoms with Crippen LogP contribution in [0.15, 0.2) is 41.3 Å². The number of hydrogen-bond donors (Lipinski definition) is 1. The van der Waals surface area contributed by atoms with E-state index in [1.165, 1.54) is 6.42 Å². The summed E-state index contributed by atoms with van der Waals surface area (Å²) in [4.78, 5) is 15.7. The molecule has 1 aromatic carbocycles. The fraction of sp³-hybridized carbons (Fsp3) is 0.333. The predicted octanol–water partition coefficient (Wildman–Crippen LogP) is 2.41. The third kappa shape index (κ3) is 2.55. The molecule has 0 saturated carbocycles. The van der Waals surface area contributed by atoms with Crippen LogP contribution in [-0.4, -0.2) is 34.2 Å². The van der Waals surface area contributed by atoms with Crippen molar-refractivity contribution in [3.63, 3.8) is 0 Å². The van der Waals surface area contributed by atoms with Gasteiger partial charge in [-0.15, -0.1) is 11.3 Å². The van der Waals surface area contributed by atoms with E-state index in [1.807, 2.05) is 41.8 Å². The van der Waals surface area contributed by atoms with Crippen LogP contribution in [0.5, 0.6) is 0 Å². The molecule has 0 atom stereocenters. The Morgan fingerprint density at radius 3 is 2.74 bits per heavy atom. The number of fused-ring (bicyclic) bond motifs is 2. The molecule has 138 valence electrons. The smallest absolute Gasteiger partial charge is 0.390 e. The van der Waals surface area contributed by atoms with Gasteiger partial charge in [-0.25, -0.2) is 4.79 Å². The zero-order chi connectivity index (χ0) is 18.5. The molecule has 1 fully saturated rings. The highest BCUT2D eigenvalue weighted by Crippen LogP contribution is 2.29. The summed E-state index contributed by atoms with van der Waals surface area (Å²) in [5.74, 6) is 1.00. The van der Waals surface area contributed by atoms with E-state index in [0.29, 0.717) is 11.9 Å². The van der Waals surface area contributed by atoms with Crippen molar-refractivity contribution < 1.29 is 9.51 Å². The van der Waals surface area contributed by atoms with Crippen LogP contribution in [0, 0.1) is 6.92 Å². The SMILES string of the molecule is Cc1cccc2sc3ccc[n+]4c3-n(c(=O)/c4=C(/O)CN3CCCCC3)c12. The summed E-state index contributed by atoms with van der Waals surface area (Å²) in [6.45, 7) is 4.41. The highest BCUT2D eigenvalue weighted by Gasteiger charge is 2.31. The molecule has 3 aliphatic rings. The Balaban J connectivity index is 1.86. The van der Waals surface area contributed by atoms with Gasteiger partial charge in [-0.05, 0) is 56.6 Å². The molecule has 0 unspecified atom stereocenters. The predicted molar refractivity (Wildman–Crippen MR) is 108 cm³/mol. The minimum atomic E-state index is -0.146. The lowest BCUT2D eigenvalue weighted by molar-refractivity contribution is -0.543. The van der Waals surface area contributed by atoms with Crippen molar-refractivity contribution in [3.8, 4) is 5.82 Å². The van der Waals surface area contributed by atoms with Crippen molar-refractivity contribution in [2.24, 2.45) is 0 Å². The highest BCUT2D eigenvalue weighted by atomic mass is 32.1. The molecule has 6 heteroatoms. The number of hydrogen-bond acceptors (Lipinski definition) is 4. The Hall–Kier alpha value is -2.44. The van der Waals surface area contributed by atoms with Crippen LogP contribution in [0.25, 0.3) is 26.5 Å². The Bertz CT molecular complexity index is 1230. The molecule has 5 nitrogen and oxygen atoms in total. The number of para-hydroxylation sites is 1. The average molecular weight is 380 g/mol. The fourth-order valence-corrected chi connectivity index (χ4v) is 5.42. The van der Waals surface area contributed by atoms with Crippen molar-refractivity contribution in [1.29, 1.82) is 0 Å². The number of benzene rings is 1. The molecule has 0 radical (unpaired) electrons. The summed E-state index contributed by atoms with van der Waals surface area (Å²) in [5.41, 5.74) is 1.85. The Labute approximate surface area is 160 Å². The largest absolute Gasteiger partial charge is 0.506 e. The van der Waals surface area contributed by atoms with Crippen LogP contribution in [0.2, 0.25) is 0 Å². The molecule has 3 aliphatic heterocycles. The molecule has 27 heavy (non-hydrogen) atoms. The number of likely N-dealkylation sites (tertiary alicyclic amines) is 1. The van der Waals surface area contributed by atoms with Gasteiger partial charge in [0, 0.05) is 0 Å². The molecule has 1 saturated heterocycles. The van der Waals surface area contributed by atoms with Crippen molar-refractivity contribution in [1.82, 2.24) is 9.47 Å². The van der Waals surface area contributed by atoms with E-state index in [4.69, 9.17) is 0 Å². The van der Waals surface area contributed by atoms with E-state index < -0.39 is 0 Å². The monoisotopic (exact) mass is 380 g/mol. The van der Waals surface area contributed by atoms with E-state index in [9.17, 15) is 9.90 Å². The molecule has 2 aromatic rings. The van der Waals surface area contributed by atoms with Gasteiger partial charge >= 0.3 is 11.4 Å². The molecule has 5 rings (SSSR count). The second-order valence-corrected chi connectivity index (χ2v) is 8.45. The molecular weight excluding hydrogens is 358 g/mol. The summed E-state index contributed by atoms with van der Waals surface area (Å²) in [6.07, 6.45) is 5.43. The minimum Gasteiger partial charge on any atom is -0.506 e. The van der Waals surface area contributed by atoms with Gasteiger partial charge in [-0.1, -0.05) is 18.6 Å². The first-order valence-corrected chi connectivity index (χ1v) is 10.3. The van der Waals surface area contributed by atoms with E-state index >= 15 is 0 Å². The van der Waals surface area contributed by atoms with Gasteiger partial charge < -0.3 is 5.11 Å². The summed E-state index contributed by atoms with van der Waals surface area (Å²) >= 11 is 1.68. The van der Waals surface area contributed by atoms with Crippen LogP contribution in [0.3, 0.4) is 0 Å². The maximum Gasteiger partial charge on any atom is 0.390 e. The Morgan fingerprint density at radius 1 is 1.15 bits per heavy atom. The van der Waals surface area contributed by atoms with Gasteiger partial charge in [0.25, 0.3) is 5.35 Å². The fourth-order valence-electron chi connectivity index (χ4n) is 4.26. The second kappa shape index (κ2) is 6.32. The third-order valence-corrected chi connectivity index (χ3v) is 6.62. The van der Waals surface area contributed by atoms with Crippen molar-refractivity contribution in [2.45, 2.75) is 26.2 Å². The van der Waals surface area contributed by atoms with Crippen molar-refractivity contribution in [3.05, 3.63) is 57.8 Å². The first-order chi connectivity index (χ1) is 13.1. The number of rotatable bonds is 2. The van der Waals surface area contributed by atoms with Crippen LogP contribution in [0.4, 0.5) is 0 Å². The van der Waals surface area contributed by atoms with Gasteiger partial charge in [0.05, 0.1) is 17.4 Å². The Kier molecular flexibility index (Phi) is 3.91. The molecule has 4 heterocycles. The number of nitrogens with zero attached hydrogens (tertiary/aromatic N) is 3. The highest BCUT2D eigenvalue weighted by molar-refractivity contribution is 7.24. The van der Waals surface area contributed by atoms with E-state index in [1.54, 1.807) is 15.9 Å². The maximum absolute atomic E-state index is 13.4. The van der Waals surface area contributed by atoms with Gasteiger partial charge in [0.2, 0.25) is 0 Å². The molecule has 1 N–H and O–H groups in total. The first kappa shape index (κ1) is 16.7. The van der Waals surface area contributed by atoms with Gasteiger partial charge in [-0.3, -0.25) is 4.90 Å². The Morgan fingerprint density at radius 2 is 1.93 bits per heavy atom. The standard InChI is InChI=1S/C21H21N3O2S/c1-14-7-5-8-16-18(14)24-20-17(27-16)9-6-12-23(20)19(21(24)26)15(25)13-22-10-3-2-4-11-22/h5-9,12H,2-4,10-11,13H2,1H3/p+1. The third-order valence-electron chi connectivity index (χ3n) is 5.53. The van der Waals surface area contributed by atoms with Crippen LogP contribution in [-0.2, 0) is 0 Å². The minimum absolute atomic E-state index is 0.146. The zero-order valence-corrected chi connectivity index (χ0v) is 16.1. The molecule has 0 amide bonds. The van der Waals surface area contributed by atoms with Gasteiger partial charge in [0.15, 0.2) is 11.3 Å². The van der Waals surface area contributed by atoms with Crippen LogP contribution >= 0.6 is 11.3 Å². The number of piperidine rings is 1. The summed E-state index contributed by atoms with van der Waals surface area (Å²) in [6, 6.07) is 10.1. The van der Waals surface area contributed by atoms with E-state index in [2.05, 4.69) is 11.0 Å². The molecule has 1 aromatic heterocycles. The number of aromatic nitrogens is 2. The number of aliphatic hydroxyl groups is 1. The summed E-state index contributed by atoms with van der Waals surface area (Å²) in [5, 5.41) is 11.3. The zero-order valence-electron chi connectivity index (χ0n) is 15.3. The normalized spacial score (nSPS) is 17.2. The van der Waals surface area contributed by atoms with E-state index in [-0.39, 0.29) is 11.3 Å². The van der Waals surface area contributed by atoms with Crippen molar-refractivity contribution >= 4 is 32.0 Å². The van der Waals surface area contributed by atoms with E-state index in [0.717, 1.165) is 52.2 Å². The number of aliphatic hydroxyl groups excluding tert-OH is 1. The average Bonchev–Trinajstić information content (AvgIpc) is 2.97. The number of pyridine rings is 1. The topological polar surface area (TPSA) is 49.6 Å². The first-order valence-electron chi connectivity index (χ1n) is 9.46. The van der Waals surface area contributed by atoms with Gasteiger partial charge in [0.1, 0.15) is 4.70 Å². The maximum atomic E-state index is 13.4. The molecule has 0 spiro atoms. The lowest BCUT2D eigenvalue weighted by Crippen LogP contribution is -2.47. The second-order valence-electron chi connectivity index (χ2n) is 7.36. The van der Waals surface area contributed by atoms with Crippen LogP contribution in [0.1, 0.15) is 24.8 Å². The molecule has 0 aliphatic carbocycles.